The first-order valence-corrected chi connectivity index (χ1v) is 7.58. The Bertz CT molecular complexity index is 392. The lowest BCUT2D eigenvalue weighted by molar-refractivity contribution is -0.274. The van der Waals surface area contributed by atoms with E-state index in [0.717, 1.165) is 30.4 Å². The van der Waals surface area contributed by atoms with E-state index in [9.17, 15) is 13.2 Å². The van der Waals surface area contributed by atoms with Crippen LogP contribution in [0.15, 0.2) is 24.3 Å². The van der Waals surface area contributed by atoms with E-state index in [0.29, 0.717) is 6.04 Å². The lowest BCUT2D eigenvalue weighted by Gasteiger charge is -2.26. The van der Waals surface area contributed by atoms with Crippen molar-refractivity contribution in [2.45, 2.75) is 39.2 Å². The van der Waals surface area contributed by atoms with Crippen LogP contribution >= 0.6 is 15.9 Å². The Morgan fingerprint density at radius 1 is 1.20 bits per heavy atom. The van der Waals surface area contributed by atoms with Crippen LogP contribution in [0.1, 0.15) is 25.8 Å². The Kier molecular flexibility index (Phi) is 6.82. The molecule has 0 aliphatic heterocycles. The van der Waals surface area contributed by atoms with E-state index in [1.165, 1.54) is 12.1 Å². The van der Waals surface area contributed by atoms with Crippen molar-refractivity contribution in [2.75, 3.05) is 11.9 Å². The highest BCUT2D eigenvalue weighted by atomic mass is 79.9. The van der Waals surface area contributed by atoms with E-state index in [1.54, 1.807) is 12.1 Å². The third-order valence-corrected chi connectivity index (χ3v) is 3.41. The van der Waals surface area contributed by atoms with Crippen molar-refractivity contribution in [2.24, 2.45) is 0 Å². The summed E-state index contributed by atoms with van der Waals surface area (Å²) < 4.78 is 40.0. The third-order valence-electron chi connectivity index (χ3n) is 2.85. The average molecular weight is 354 g/mol. The van der Waals surface area contributed by atoms with Gasteiger partial charge in [0, 0.05) is 17.9 Å². The highest BCUT2D eigenvalue weighted by molar-refractivity contribution is 9.09. The number of ether oxygens (including phenoxy) is 1. The molecule has 0 N–H and O–H groups in total. The molecule has 2 nitrogen and oxygen atoms in total. The summed E-state index contributed by atoms with van der Waals surface area (Å²) in [5.74, 6) is -0.183. The molecule has 0 fully saturated rings. The zero-order chi connectivity index (χ0) is 15.2. The average Bonchev–Trinajstić information content (AvgIpc) is 2.34. The first kappa shape index (κ1) is 17.3. The molecule has 0 saturated carbocycles. The molecular formula is C14H19BrF3NO. The first-order valence-electron chi connectivity index (χ1n) is 6.46. The molecule has 0 unspecified atom stereocenters. The topological polar surface area (TPSA) is 12.5 Å². The van der Waals surface area contributed by atoms with Gasteiger partial charge in [0.2, 0.25) is 0 Å². The van der Waals surface area contributed by atoms with Crippen molar-refractivity contribution < 1.29 is 17.9 Å². The molecule has 1 aromatic rings. The molecular weight excluding hydrogens is 335 g/mol. The summed E-state index contributed by atoms with van der Waals surface area (Å²) >= 11 is 3.40. The summed E-state index contributed by atoms with van der Waals surface area (Å²) in [4.78, 5) is 2.28. The lowest BCUT2D eigenvalue weighted by Crippen LogP contribution is -2.31. The van der Waals surface area contributed by atoms with Crippen molar-refractivity contribution in [1.82, 2.24) is 4.90 Å². The molecule has 0 heterocycles. The third kappa shape index (κ3) is 6.61. The number of benzene rings is 1. The largest absolute Gasteiger partial charge is 0.573 e. The molecule has 0 spiro atoms. The molecule has 0 aliphatic carbocycles. The molecule has 0 aromatic heterocycles. The van der Waals surface area contributed by atoms with Gasteiger partial charge >= 0.3 is 6.36 Å². The van der Waals surface area contributed by atoms with Gasteiger partial charge in [0.05, 0.1) is 0 Å². The predicted molar refractivity (Wildman–Crippen MR) is 77.1 cm³/mol. The highest BCUT2D eigenvalue weighted by Crippen LogP contribution is 2.23. The van der Waals surface area contributed by atoms with Crippen LogP contribution in [0, 0.1) is 0 Å². The zero-order valence-electron chi connectivity index (χ0n) is 11.6. The second kappa shape index (κ2) is 7.88. The van der Waals surface area contributed by atoms with E-state index in [4.69, 9.17) is 0 Å². The van der Waals surface area contributed by atoms with E-state index in [2.05, 4.69) is 39.4 Å². The second-order valence-electron chi connectivity index (χ2n) is 4.80. The van der Waals surface area contributed by atoms with E-state index in [-0.39, 0.29) is 5.75 Å². The molecule has 0 atom stereocenters. The van der Waals surface area contributed by atoms with E-state index < -0.39 is 6.36 Å². The normalized spacial score (nSPS) is 12.2. The van der Waals surface area contributed by atoms with Gasteiger partial charge in [0.1, 0.15) is 5.75 Å². The van der Waals surface area contributed by atoms with Gasteiger partial charge in [0.15, 0.2) is 0 Å². The fourth-order valence-electron chi connectivity index (χ4n) is 1.81. The van der Waals surface area contributed by atoms with Gasteiger partial charge in [0.25, 0.3) is 0 Å². The van der Waals surface area contributed by atoms with Crippen molar-refractivity contribution in [1.29, 1.82) is 0 Å². The number of hydrogen-bond acceptors (Lipinski definition) is 2. The number of hydrogen-bond donors (Lipinski definition) is 0. The first-order chi connectivity index (χ1) is 9.31. The summed E-state index contributed by atoms with van der Waals surface area (Å²) in [6.07, 6.45) is -3.60. The minimum atomic E-state index is -4.64. The lowest BCUT2D eigenvalue weighted by atomic mass is 10.1. The van der Waals surface area contributed by atoms with Crippen LogP contribution in [0.3, 0.4) is 0 Å². The molecule has 114 valence electrons. The molecule has 0 bridgehead atoms. The summed E-state index contributed by atoms with van der Waals surface area (Å²) in [5.41, 5.74) is 0.975. The SMILES string of the molecule is CC(C)N(CCCBr)Cc1ccc(OC(F)(F)F)cc1. The van der Waals surface area contributed by atoms with Gasteiger partial charge in [-0.05, 0) is 44.5 Å². The van der Waals surface area contributed by atoms with Gasteiger partial charge in [-0.25, -0.2) is 0 Å². The smallest absolute Gasteiger partial charge is 0.406 e. The van der Waals surface area contributed by atoms with Crippen LogP contribution in [-0.4, -0.2) is 29.2 Å². The van der Waals surface area contributed by atoms with Gasteiger partial charge in [-0.3, -0.25) is 4.90 Å². The second-order valence-corrected chi connectivity index (χ2v) is 5.59. The van der Waals surface area contributed by atoms with E-state index >= 15 is 0 Å². The van der Waals surface area contributed by atoms with Gasteiger partial charge < -0.3 is 4.74 Å². The maximum Gasteiger partial charge on any atom is 0.573 e. The monoisotopic (exact) mass is 353 g/mol. The van der Waals surface area contributed by atoms with Gasteiger partial charge in [-0.1, -0.05) is 28.1 Å². The Balaban J connectivity index is 2.63. The summed E-state index contributed by atoms with van der Waals surface area (Å²) in [5, 5.41) is 0.939. The van der Waals surface area contributed by atoms with Gasteiger partial charge in [-0.2, -0.15) is 0 Å². The maximum atomic E-state index is 12.1. The number of nitrogens with zero attached hydrogens (tertiary/aromatic N) is 1. The molecule has 1 aromatic carbocycles. The summed E-state index contributed by atoms with van der Waals surface area (Å²) in [6, 6.07) is 6.44. The van der Waals surface area contributed by atoms with Crippen LogP contribution in [0.4, 0.5) is 13.2 Å². The van der Waals surface area contributed by atoms with Crippen LogP contribution in [0.2, 0.25) is 0 Å². The molecule has 0 amide bonds. The number of rotatable bonds is 7. The van der Waals surface area contributed by atoms with Crippen molar-refractivity contribution >= 4 is 15.9 Å². The van der Waals surface area contributed by atoms with Crippen LogP contribution in [0.5, 0.6) is 5.75 Å². The minimum absolute atomic E-state index is 0.183. The molecule has 20 heavy (non-hydrogen) atoms. The van der Waals surface area contributed by atoms with Crippen LogP contribution in [-0.2, 0) is 6.54 Å². The Labute approximate surface area is 126 Å². The standard InChI is InChI=1S/C14H19BrF3NO/c1-11(2)19(9-3-8-15)10-12-4-6-13(7-5-12)20-14(16,17)18/h4-7,11H,3,8-10H2,1-2H3. The molecule has 0 saturated heterocycles. The number of halogens is 4. The Morgan fingerprint density at radius 2 is 1.80 bits per heavy atom. The fourth-order valence-corrected chi connectivity index (χ4v) is 2.06. The summed E-state index contributed by atoms with van der Waals surface area (Å²) in [7, 11) is 0. The predicted octanol–water partition coefficient (Wildman–Crippen LogP) is 4.58. The molecule has 0 aliphatic rings. The Morgan fingerprint density at radius 3 is 2.25 bits per heavy atom. The van der Waals surface area contributed by atoms with Crippen LogP contribution < -0.4 is 4.74 Å². The maximum absolute atomic E-state index is 12.1. The Hall–Kier alpha value is -0.750. The van der Waals surface area contributed by atoms with Crippen molar-refractivity contribution in [3.05, 3.63) is 29.8 Å². The minimum Gasteiger partial charge on any atom is -0.406 e. The van der Waals surface area contributed by atoms with Crippen LogP contribution in [0.25, 0.3) is 0 Å². The van der Waals surface area contributed by atoms with Crippen molar-refractivity contribution in [3.8, 4) is 5.75 Å². The van der Waals surface area contributed by atoms with Gasteiger partial charge in [-0.15, -0.1) is 13.2 Å². The molecule has 1 rings (SSSR count). The quantitative estimate of drug-likeness (QED) is 0.665. The molecule has 0 radical (unpaired) electrons. The highest BCUT2D eigenvalue weighted by Gasteiger charge is 2.30. The summed E-state index contributed by atoms with van der Waals surface area (Å²) in [6.45, 7) is 5.88. The fraction of sp³-hybridized carbons (Fsp3) is 0.571. The zero-order valence-corrected chi connectivity index (χ0v) is 13.2. The van der Waals surface area contributed by atoms with E-state index in [1.807, 2.05) is 0 Å². The van der Waals surface area contributed by atoms with Crippen molar-refractivity contribution in [3.63, 3.8) is 0 Å². The number of alkyl halides is 4. The molecule has 6 heteroatoms.